The van der Waals surface area contributed by atoms with Crippen LogP contribution < -0.4 is 9.64 Å². The van der Waals surface area contributed by atoms with Crippen molar-refractivity contribution in [1.29, 1.82) is 0 Å². The summed E-state index contributed by atoms with van der Waals surface area (Å²) in [5.74, 6) is 0.894. The molecule has 0 N–H and O–H groups in total. The molecule has 0 aromatic heterocycles. The van der Waals surface area contributed by atoms with Gasteiger partial charge in [0.1, 0.15) is 5.75 Å². The molecule has 0 unspecified atom stereocenters. The summed E-state index contributed by atoms with van der Waals surface area (Å²) in [6.45, 7) is 3.25. The Morgan fingerprint density at radius 3 is 2.55 bits per heavy atom. The van der Waals surface area contributed by atoms with Crippen molar-refractivity contribution in [1.82, 2.24) is 0 Å². The van der Waals surface area contributed by atoms with Crippen molar-refractivity contribution >= 4 is 11.4 Å². The fourth-order valence-electron chi connectivity index (χ4n) is 2.26. The van der Waals surface area contributed by atoms with E-state index in [1.165, 1.54) is 30.6 Å². The molecule has 0 saturated carbocycles. The molecule has 20 heavy (non-hydrogen) atoms. The molecule has 0 spiro atoms. The molecule has 0 saturated heterocycles. The highest BCUT2D eigenvalue weighted by Crippen LogP contribution is 2.28. The largest absolute Gasteiger partial charge is 0.497 e. The number of rotatable bonds is 7. The Kier molecular flexibility index (Phi) is 5.48. The van der Waals surface area contributed by atoms with E-state index in [0.717, 1.165) is 12.3 Å². The highest BCUT2D eigenvalue weighted by atomic mass is 16.5. The van der Waals surface area contributed by atoms with Gasteiger partial charge in [-0.15, -0.1) is 0 Å². The smallest absolute Gasteiger partial charge is 0.120 e. The predicted molar refractivity (Wildman–Crippen MR) is 84.8 cm³/mol. The first-order valence-electron chi connectivity index (χ1n) is 7.23. The zero-order valence-electron chi connectivity index (χ0n) is 12.3. The molecule has 2 heteroatoms. The van der Waals surface area contributed by atoms with Gasteiger partial charge in [0, 0.05) is 24.0 Å². The van der Waals surface area contributed by atoms with E-state index >= 15 is 0 Å². The van der Waals surface area contributed by atoms with Crippen molar-refractivity contribution < 1.29 is 4.74 Å². The van der Waals surface area contributed by atoms with Crippen molar-refractivity contribution in [2.24, 2.45) is 0 Å². The summed E-state index contributed by atoms with van der Waals surface area (Å²) in [7, 11) is 1.71. The minimum Gasteiger partial charge on any atom is -0.497 e. The van der Waals surface area contributed by atoms with E-state index in [0.29, 0.717) is 0 Å². The maximum atomic E-state index is 5.33. The minimum atomic E-state index is 0.894. The third kappa shape index (κ3) is 3.77. The number of nitrogens with zero attached hydrogens (tertiary/aromatic N) is 1. The molecule has 2 rings (SSSR count). The first-order valence-corrected chi connectivity index (χ1v) is 7.23. The molecule has 105 valence electrons. The summed E-state index contributed by atoms with van der Waals surface area (Å²) in [4.78, 5) is 2.34. The van der Waals surface area contributed by atoms with Crippen molar-refractivity contribution in [2.75, 3.05) is 18.6 Å². The fourth-order valence-corrected chi connectivity index (χ4v) is 2.26. The van der Waals surface area contributed by atoms with Crippen molar-refractivity contribution in [3.63, 3.8) is 0 Å². The Morgan fingerprint density at radius 2 is 1.85 bits per heavy atom. The van der Waals surface area contributed by atoms with Crippen molar-refractivity contribution in [2.45, 2.75) is 26.2 Å². The second-order valence-corrected chi connectivity index (χ2v) is 4.82. The summed E-state index contributed by atoms with van der Waals surface area (Å²) >= 11 is 0. The molecule has 2 aromatic rings. The molecule has 0 aliphatic rings. The second kappa shape index (κ2) is 7.59. The lowest BCUT2D eigenvalue weighted by Gasteiger charge is -2.25. The molecule has 0 aliphatic carbocycles. The lowest BCUT2D eigenvalue weighted by molar-refractivity contribution is 0.415. The highest BCUT2D eigenvalue weighted by molar-refractivity contribution is 5.64. The number of hydrogen-bond acceptors (Lipinski definition) is 2. The van der Waals surface area contributed by atoms with Gasteiger partial charge in [-0.25, -0.2) is 0 Å². The van der Waals surface area contributed by atoms with Gasteiger partial charge in [-0.3, -0.25) is 0 Å². The van der Waals surface area contributed by atoms with Gasteiger partial charge in [-0.2, -0.15) is 0 Å². The van der Waals surface area contributed by atoms with Crippen LogP contribution in [0.1, 0.15) is 26.2 Å². The van der Waals surface area contributed by atoms with E-state index in [1.54, 1.807) is 7.11 Å². The third-order valence-corrected chi connectivity index (χ3v) is 3.36. The molecule has 0 bridgehead atoms. The molecule has 2 aromatic carbocycles. The van der Waals surface area contributed by atoms with E-state index < -0.39 is 0 Å². The summed E-state index contributed by atoms with van der Waals surface area (Å²) in [6.07, 6.45) is 3.67. The van der Waals surface area contributed by atoms with Gasteiger partial charge in [0.05, 0.1) is 7.11 Å². The SMILES string of the molecule is CCCCCN(c1cc[c]cc1)c1cccc(OC)c1. The first-order chi connectivity index (χ1) is 9.85. The van der Waals surface area contributed by atoms with Crippen LogP contribution in [0.15, 0.2) is 48.5 Å². The number of methoxy groups -OCH3 is 1. The van der Waals surface area contributed by atoms with Gasteiger partial charge < -0.3 is 9.64 Å². The molecule has 0 atom stereocenters. The van der Waals surface area contributed by atoms with Crippen molar-refractivity contribution in [3.05, 3.63) is 54.6 Å². The average molecular weight is 268 g/mol. The lowest BCUT2D eigenvalue weighted by atomic mass is 10.2. The highest BCUT2D eigenvalue weighted by Gasteiger charge is 2.09. The molecular weight excluding hydrogens is 246 g/mol. The van der Waals surface area contributed by atoms with Crippen molar-refractivity contribution in [3.8, 4) is 5.75 Å². The number of ether oxygens (including phenoxy) is 1. The normalized spacial score (nSPS) is 10.3. The third-order valence-electron chi connectivity index (χ3n) is 3.36. The van der Waals surface area contributed by atoms with Crippen LogP contribution in [0.4, 0.5) is 11.4 Å². The number of anilines is 2. The van der Waals surface area contributed by atoms with Gasteiger partial charge in [0.25, 0.3) is 0 Å². The zero-order valence-corrected chi connectivity index (χ0v) is 12.3. The van der Waals surface area contributed by atoms with E-state index in [1.807, 2.05) is 24.3 Å². The number of hydrogen-bond donors (Lipinski definition) is 0. The molecule has 0 amide bonds. The number of unbranched alkanes of at least 4 members (excludes halogenated alkanes) is 2. The van der Waals surface area contributed by atoms with E-state index in [4.69, 9.17) is 4.74 Å². The first kappa shape index (κ1) is 14.4. The van der Waals surface area contributed by atoms with Crippen LogP contribution >= 0.6 is 0 Å². The summed E-state index contributed by atoms with van der Waals surface area (Å²) in [5.41, 5.74) is 2.37. The molecular formula is C18H22NO. The van der Waals surface area contributed by atoms with Gasteiger partial charge >= 0.3 is 0 Å². The van der Waals surface area contributed by atoms with Crippen LogP contribution in [0.3, 0.4) is 0 Å². The summed E-state index contributed by atoms with van der Waals surface area (Å²) < 4.78 is 5.33. The number of benzene rings is 2. The molecule has 2 nitrogen and oxygen atoms in total. The van der Waals surface area contributed by atoms with Crippen LogP contribution in [0.2, 0.25) is 0 Å². The van der Waals surface area contributed by atoms with Gasteiger partial charge in [-0.05, 0) is 36.8 Å². The fraction of sp³-hybridized carbons (Fsp3) is 0.333. The quantitative estimate of drug-likeness (QED) is 0.667. The molecule has 1 radical (unpaired) electrons. The van der Waals surface area contributed by atoms with Gasteiger partial charge in [0.15, 0.2) is 0 Å². The van der Waals surface area contributed by atoms with E-state index in [-0.39, 0.29) is 0 Å². The maximum Gasteiger partial charge on any atom is 0.120 e. The van der Waals surface area contributed by atoms with E-state index in [2.05, 4.69) is 42.2 Å². The summed E-state index contributed by atoms with van der Waals surface area (Å²) in [6, 6.07) is 19.4. The van der Waals surface area contributed by atoms with Crippen LogP contribution in [0.5, 0.6) is 5.75 Å². The predicted octanol–water partition coefficient (Wildman–Crippen LogP) is 4.82. The van der Waals surface area contributed by atoms with E-state index in [9.17, 15) is 0 Å². The van der Waals surface area contributed by atoms with Gasteiger partial charge in [0.2, 0.25) is 0 Å². The Morgan fingerprint density at radius 1 is 1.05 bits per heavy atom. The van der Waals surface area contributed by atoms with Gasteiger partial charge in [-0.1, -0.05) is 38.0 Å². The Bertz CT molecular complexity index is 510. The molecule has 0 aliphatic heterocycles. The Labute approximate surface area is 122 Å². The van der Waals surface area contributed by atoms with Crippen LogP contribution in [0.25, 0.3) is 0 Å². The Hall–Kier alpha value is -1.96. The molecule has 0 fully saturated rings. The zero-order chi connectivity index (χ0) is 14.2. The standard InChI is InChI=1S/C18H22NO/c1-3-4-8-14-19(16-10-6-5-7-11-16)17-12-9-13-18(15-17)20-2/h6-7,9-13,15H,3-4,8,14H2,1-2H3. The lowest BCUT2D eigenvalue weighted by Crippen LogP contribution is -2.18. The second-order valence-electron chi connectivity index (χ2n) is 4.82. The summed E-state index contributed by atoms with van der Waals surface area (Å²) in [5, 5.41) is 0. The average Bonchev–Trinajstić information content (AvgIpc) is 2.52. The minimum absolute atomic E-state index is 0.894. The Balaban J connectivity index is 2.25. The van der Waals surface area contributed by atoms with Crippen LogP contribution in [-0.2, 0) is 0 Å². The monoisotopic (exact) mass is 268 g/mol. The maximum absolute atomic E-state index is 5.33. The van der Waals surface area contributed by atoms with Crippen LogP contribution in [0, 0.1) is 6.07 Å². The molecule has 0 heterocycles. The van der Waals surface area contributed by atoms with Crippen LogP contribution in [-0.4, -0.2) is 13.7 Å². The topological polar surface area (TPSA) is 12.5 Å².